The van der Waals surface area contributed by atoms with Gasteiger partial charge in [-0.1, -0.05) is 34.1 Å². The van der Waals surface area contributed by atoms with Crippen molar-refractivity contribution in [3.05, 3.63) is 0 Å². The maximum atomic E-state index is 9.61. The van der Waals surface area contributed by atoms with E-state index in [9.17, 15) is 5.26 Å². The van der Waals surface area contributed by atoms with Crippen LogP contribution in [-0.2, 0) is 0 Å². The summed E-state index contributed by atoms with van der Waals surface area (Å²) in [5.74, 6) is 1.82. The molecule has 0 N–H and O–H groups in total. The van der Waals surface area contributed by atoms with Crippen molar-refractivity contribution in [2.75, 3.05) is 6.54 Å². The third kappa shape index (κ3) is 3.62. The van der Waals surface area contributed by atoms with Crippen LogP contribution in [0.4, 0.5) is 0 Å². The van der Waals surface area contributed by atoms with Gasteiger partial charge in [0, 0.05) is 18.6 Å². The van der Waals surface area contributed by atoms with Crippen LogP contribution in [0.15, 0.2) is 0 Å². The average Bonchev–Trinajstić information content (AvgIpc) is 2.49. The summed E-state index contributed by atoms with van der Waals surface area (Å²) in [6, 6.07) is 3.79. The molecule has 1 saturated heterocycles. The second-order valence-electron chi connectivity index (χ2n) is 8.38. The summed E-state index contributed by atoms with van der Waals surface area (Å²) in [4.78, 5) is 2.69. The summed E-state index contributed by atoms with van der Waals surface area (Å²) < 4.78 is 0. The summed E-state index contributed by atoms with van der Waals surface area (Å²) in [5.41, 5.74) is 0.420. The van der Waals surface area contributed by atoms with E-state index < -0.39 is 0 Å². The van der Waals surface area contributed by atoms with E-state index in [4.69, 9.17) is 0 Å². The molecule has 0 amide bonds. The van der Waals surface area contributed by atoms with Crippen LogP contribution in [0.5, 0.6) is 0 Å². The van der Waals surface area contributed by atoms with Gasteiger partial charge in [-0.3, -0.25) is 4.90 Å². The van der Waals surface area contributed by atoms with Crippen LogP contribution in [-0.4, -0.2) is 23.5 Å². The van der Waals surface area contributed by atoms with Crippen LogP contribution < -0.4 is 0 Å². The number of piperidine rings is 1. The van der Waals surface area contributed by atoms with Crippen molar-refractivity contribution in [1.29, 1.82) is 5.26 Å². The summed E-state index contributed by atoms with van der Waals surface area (Å²) in [6.45, 7) is 13.1. The van der Waals surface area contributed by atoms with Gasteiger partial charge in [0.2, 0.25) is 0 Å². The highest BCUT2D eigenvalue weighted by atomic mass is 15.2. The van der Waals surface area contributed by atoms with Crippen molar-refractivity contribution in [2.24, 2.45) is 23.2 Å². The molecular weight excluding hydrogens is 256 g/mol. The second-order valence-corrected chi connectivity index (χ2v) is 8.38. The van der Waals surface area contributed by atoms with Gasteiger partial charge < -0.3 is 0 Å². The monoisotopic (exact) mass is 290 g/mol. The molecule has 1 saturated carbocycles. The molecule has 0 radical (unpaired) electrons. The lowest BCUT2D eigenvalue weighted by molar-refractivity contribution is 0.00418. The first kappa shape index (κ1) is 16.8. The Hall–Kier alpha value is -0.550. The number of hydrogen-bond donors (Lipinski definition) is 0. The van der Waals surface area contributed by atoms with Crippen LogP contribution in [0.25, 0.3) is 0 Å². The summed E-state index contributed by atoms with van der Waals surface area (Å²) in [5, 5.41) is 9.61. The average molecular weight is 290 g/mol. The van der Waals surface area contributed by atoms with E-state index >= 15 is 0 Å². The quantitative estimate of drug-likeness (QED) is 0.743. The molecular formula is C19H34N2. The Kier molecular flexibility index (Phi) is 5.36. The minimum Gasteiger partial charge on any atom is -0.296 e. The molecule has 0 bridgehead atoms. The van der Waals surface area contributed by atoms with Gasteiger partial charge in [-0.25, -0.2) is 0 Å². The van der Waals surface area contributed by atoms with E-state index in [1.54, 1.807) is 0 Å². The molecule has 2 nitrogen and oxygen atoms in total. The molecule has 2 rings (SSSR count). The van der Waals surface area contributed by atoms with Gasteiger partial charge in [-0.2, -0.15) is 5.26 Å². The SMILES string of the molecule is CCC(C)(C)C1CCC(C#N)C(N2CC(C)CCC2C)C1. The molecule has 2 fully saturated rings. The maximum absolute atomic E-state index is 9.61. The highest BCUT2D eigenvalue weighted by Gasteiger charge is 2.41. The van der Waals surface area contributed by atoms with E-state index in [0.29, 0.717) is 17.5 Å². The fraction of sp³-hybridized carbons (Fsp3) is 0.947. The van der Waals surface area contributed by atoms with E-state index in [2.05, 4.69) is 45.6 Å². The Morgan fingerprint density at radius 1 is 1.14 bits per heavy atom. The zero-order valence-corrected chi connectivity index (χ0v) is 14.7. The molecule has 0 aromatic heterocycles. The first-order chi connectivity index (χ1) is 9.89. The van der Waals surface area contributed by atoms with Gasteiger partial charge in [0.15, 0.2) is 0 Å². The van der Waals surface area contributed by atoms with Crippen molar-refractivity contribution in [3.63, 3.8) is 0 Å². The summed E-state index contributed by atoms with van der Waals surface area (Å²) in [6.07, 6.45) is 7.48. The Bertz CT molecular complexity index is 382. The Labute approximate surface area is 131 Å². The zero-order valence-electron chi connectivity index (χ0n) is 14.7. The molecule has 120 valence electrons. The normalized spacial score (nSPS) is 39.0. The lowest BCUT2D eigenvalue weighted by Gasteiger charge is -2.49. The maximum Gasteiger partial charge on any atom is 0.0672 e. The number of likely N-dealkylation sites (tertiary alicyclic amines) is 1. The zero-order chi connectivity index (χ0) is 15.6. The first-order valence-corrected chi connectivity index (χ1v) is 9.04. The van der Waals surface area contributed by atoms with Crippen LogP contribution >= 0.6 is 0 Å². The van der Waals surface area contributed by atoms with E-state index in [1.165, 1.54) is 38.6 Å². The van der Waals surface area contributed by atoms with Crippen LogP contribution in [0, 0.1) is 34.5 Å². The summed E-state index contributed by atoms with van der Waals surface area (Å²) >= 11 is 0. The topological polar surface area (TPSA) is 27.0 Å². The highest BCUT2D eigenvalue weighted by molar-refractivity contribution is 5.01. The minimum absolute atomic E-state index is 0.252. The molecule has 5 atom stereocenters. The third-order valence-electron chi connectivity index (χ3n) is 6.59. The molecule has 0 aromatic rings. The number of rotatable bonds is 3. The van der Waals surface area contributed by atoms with Gasteiger partial charge in [0.25, 0.3) is 0 Å². The Balaban J connectivity index is 2.15. The third-order valence-corrected chi connectivity index (χ3v) is 6.59. The van der Waals surface area contributed by atoms with E-state index in [0.717, 1.165) is 18.3 Å². The van der Waals surface area contributed by atoms with E-state index in [-0.39, 0.29) is 5.92 Å². The molecule has 21 heavy (non-hydrogen) atoms. The van der Waals surface area contributed by atoms with Crippen molar-refractivity contribution in [3.8, 4) is 6.07 Å². The predicted molar refractivity (Wildman–Crippen MR) is 88.9 cm³/mol. The van der Waals surface area contributed by atoms with Crippen molar-refractivity contribution >= 4 is 0 Å². The molecule has 5 unspecified atom stereocenters. The molecule has 0 aromatic carbocycles. The molecule has 2 aliphatic rings. The first-order valence-electron chi connectivity index (χ1n) is 9.04. The molecule has 2 heteroatoms. The van der Waals surface area contributed by atoms with Gasteiger partial charge in [0.1, 0.15) is 0 Å². The van der Waals surface area contributed by atoms with Crippen molar-refractivity contribution in [1.82, 2.24) is 4.90 Å². The lowest BCUT2D eigenvalue weighted by atomic mass is 9.65. The molecule has 1 aliphatic carbocycles. The van der Waals surface area contributed by atoms with Gasteiger partial charge >= 0.3 is 0 Å². The van der Waals surface area contributed by atoms with Crippen molar-refractivity contribution < 1.29 is 0 Å². The standard InChI is InChI=1S/C19H34N2/c1-6-19(4,5)17-10-9-16(12-20)18(11-17)21-13-14(2)7-8-15(21)3/h14-18H,6-11,13H2,1-5H3. The lowest BCUT2D eigenvalue weighted by Crippen LogP contribution is -2.53. The second kappa shape index (κ2) is 6.69. The van der Waals surface area contributed by atoms with Crippen LogP contribution in [0.2, 0.25) is 0 Å². The largest absolute Gasteiger partial charge is 0.296 e. The highest BCUT2D eigenvalue weighted by Crippen LogP contribution is 2.44. The van der Waals surface area contributed by atoms with Gasteiger partial charge in [0.05, 0.1) is 12.0 Å². The van der Waals surface area contributed by atoms with Crippen LogP contribution in [0.3, 0.4) is 0 Å². The van der Waals surface area contributed by atoms with Crippen molar-refractivity contribution in [2.45, 2.75) is 85.2 Å². The summed E-state index contributed by atoms with van der Waals surface area (Å²) in [7, 11) is 0. The van der Waals surface area contributed by atoms with Gasteiger partial charge in [-0.05, 0) is 56.3 Å². The minimum atomic E-state index is 0.252. The van der Waals surface area contributed by atoms with Crippen LogP contribution in [0.1, 0.15) is 73.1 Å². The predicted octanol–water partition coefficient (Wildman–Crippen LogP) is 4.85. The van der Waals surface area contributed by atoms with E-state index in [1.807, 2.05) is 0 Å². The smallest absolute Gasteiger partial charge is 0.0672 e. The molecule has 1 heterocycles. The number of nitriles is 1. The fourth-order valence-corrected chi connectivity index (χ4v) is 4.45. The number of nitrogens with zero attached hydrogens (tertiary/aromatic N) is 2. The fourth-order valence-electron chi connectivity index (χ4n) is 4.45. The van der Waals surface area contributed by atoms with Gasteiger partial charge in [-0.15, -0.1) is 0 Å². The molecule has 1 aliphatic heterocycles. The Morgan fingerprint density at radius 3 is 2.48 bits per heavy atom. The number of hydrogen-bond acceptors (Lipinski definition) is 2. The Morgan fingerprint density at radius 2 is 1.86 bits per heavy atom. The molecule has 0 spiro atoms.